The first-order chi connectivity index (χ1) is 5.52. The van der Waals surface area contributed by atoms with Crippen LogP contribution in [0.15, 0.2) is 15.3 Å². The van der Waals surface area contributed by atoms with E-state index >= 15 is 0 Å². The molecule has 1 heterocycles. The number of carboxylic acid groups (broad SMARTS) is 1. The van der Waals surface area contributed by atoms with Gasteiger partial charge in [0.25, 0.3) is 0 Å². The van der Waals surface area contributed by atoms with E-state index in [0.29, 0.717) is 5.76 Å². The SMILES string of the molecule is Cc1cc(=O)c(C(=O)O)c(C)o1. The van der Waals surface area contributed by atoms with Gasteiger partial charge in [0, 0.05) is 6.07 Å². The summed E-state index contributed by atoms with van der Waals surface area (Å²) in [5, 5.41) is 8.58. The van der Waals surface area contributed by atoms with Gasteiger partial charge in [-0.1, -0.05) is 0 Å². The molecular weight excluding hydrogens is 160 g/mol. The molecule has 0 atom stereocenters. The number of hydrogen-bond donors (Lipinski definition) is 1. The minimum atomic E-state index is -1.25. The van der Waals surface area contributed by atoms with Crippen LogP contribution in [0.2, 0.25) is 0 Å². The van der Waals surface area contributed by atoms with E-state index in [2.05, 4.69) is 0 Å². The lowest BCUT2D eigenvalue weighted by Crippen LogP contribution is -2.15. The molecule has 0 bridgehead atoms. The number of aryl methyl sites for hydroxylation is 2. The fourth-order valence-corrected chi connectivity index (χ4v) is 1.01. The third-order valence-corrected chi connectivity index (χ3v) is 1.46. The van der Waals surface area contributed by atoms with Crippen LogP contribution in [0.25, 0.3) is 0 Å². The molecule has 12 heavy (non-hydrogen) atoms. The zero-order valence-corrected chi connectivity index (χ0v) is 6.75. The largest absolute Gasteiger partial charge is 0.477 e. The van der Waals surface area contributed by atoms with Crippen molar-refractivity contribution in [3.63, 3.8) is 0 Å². The van der Waals surface area contributed by atoms with Crippen LogP contribution < -0.4 is 5.43 Å². The fourth-order valence-electron chi connectivity index (χ4n) is 1.01. The molecule has 1 aromatic rings. The van der Waals surface area contributed by atoms with Crippen LogP contribution in [0.3, 0.4) is 0 Å². The number of rotatable bonds is 1. The highest BCUT2D eigenvalue weighted by Gasteiger charge is 2.13. The number of aromatic carboxylic acids is 1. The van der Waals surface area contributed by atoms with Crippen LogP contribution in [0.4, 0.5) is 0 Å². The summed E-state index contributed by atoms with van der Waals surface area (Å²) in [4.78, 5) is 21.6. The zero-order chi connectivity index (χ0) is 9.30. The Bertz CT molecular complexity index is 375. The minimum absolute atomic E-state index is 0.146. The Balaban J connectivity index is 3.49. The van der Waals surface area contributed by atoms with Gasteiger partial charge in [-0.25, -0.2) is 4.79 Å². The van der Waals surface area contributed by atoms with Gasteiger partial charge in [-0.3, -0.25) is 4.79 Å². The Morgan fingerprint density at radius 3 is 2.50 bits per heavy atom. The van der Waals surface area contributed by atoms with E-state index in [4.69, 9.17) is 9.52 Å². The maximum Gasteiger partial charge on any atom is 0.343 e. The van der Waals surface area contributed by atoms with Crippen LogP contribution in [-0.4, -0.2) is 11.1 Å². The van der Waals surface area contributed by atoms with Crippen LogP contribution in [-0.2, 0) is 0 Å². The van der Waals surface area contributed by atoms with Crippen molar-refractivity contribution in [1.82, 2.24) is 0 Å². The summed E-state index contributed by atoms with van der Waals surface area (Å²) in [6.07, 6.45) is 0. The first kappa shape index (κ1) is 8.52. The average molecular weight is 168 g/mol. The monoisotopic (exact) mass is 168 g/mol. The van der Waals surface area contributed by atoms with Crippen molar-refractivity contribution in [3.05, 3.63) is 33.4 Å². The van der Waals surface area contributed by atoms with Gasteiger partial charge in [0.2, 0.25) is 0 Å². The fraction of sp³-hybridized carbons (Fsp3) is 0.250. The molecule has 0 aliphatic carbocycles. The molecule has 0 unspecified atom stereocenters. The van der Waals surface area contributed by atoms with Crippen molar-refractivity contribution in [2.75, 3.05) is 0 Å². The lowest BCUT2D eigenvalue weighted by molar-refractivity contribution is 0.0691. The summed E-state index contributed by atoms with van der Waals surface area (Å²) in [5.41, 5.74) is -0.802. The maximum atomic E-state index is 11.1. The first-order valence-electron chi connectivity index (χ1n) is 3.37. The van der Waals surface area contributed by atoms with Gasteiger partial charge in [-0.05, 0) is 13.8 Å². The third-order valence-electron chi connectivity index (χ3n) is 1.46. The molecule has 0 saturated heterocycles. The highest BCUT2D eigenvalue weighted by molar-refractivity contribution is 5.88. The molecule has 0 aliphatic rings. The van der Waals surface area contributed by atoms with Crippen molar-refractivity contribution in [2.24, 2.45) is 0 Å². The normalized spacial score (nSPS) is 9.83. The van der Waals surface area contributed by atoms with Crippen LogP contribution >= 0.6 is 0 Å². The van der Waals surface area contributed by atoms with Crippen molar-refractivity contribution in [2.45, 2.75) is 13.8 Å². The van der Waals surface area contributed by atoms with Gasteiger partial charge in [0.05, 0.1) is 0 Å². The molecule has 0 amide bonds. The second-order valence-corrected chi connectivity index (χ2v) is 2.46. The number of carboxylic acids is 1. The highest BCUT2D eigenvalue weighted by Crippen LogP contribution is 2.04. The minimum Gasteiger partial charge on any atom is -0.477 e. The van der Waals surface area contributed by atoms with Gasteiger partial charge in [-0.2, -0.15) is 0 Å². The van der Waals surface area contributed by atoms with E-state index in [9.17, 15) is 9.59 Å². The summed E-state index contributed by atoms with van der Waals surface area (Å²) < 4.78 is 4.97. The van der Waals surface area contributed by atoms with Crippen LogP contribution in [0.5, 0.6) is 0 Å². The molecule has 0 spiro atoms. The molecule has 4 heteroatoms. The molecule has 0 aromatic carbocycles. The zero-order valence-electron chi connectivity index (χ0n) is 6.75. The summed E-state index contributed by atoms with van der Waals surface area (Å²) in [7, 11) is 0. The van der Waals surface area contributed by atoms with E-state index in [1.807, 2.05) is 0 Å². The Labute approximate surface area is 68.4 Å². The molecule has 1 N–H and O–H groups in total. The van der Waals surface area contributed by atoms with Crippen molar-refractivity contribution >= 4 is 5.97 Å². The van der Waals surface area contributed by atoms with E-state index < -0.39 is 11.4 Å². The smallest absolute Gasteiger partial charge is 0.343 e. The van der Waals surface area contributed by atoms with Gasteiger partial charge < -0.3 is 9.52 Å². The summed E-state index contributed by atoms with van der Waals surface area (Å²) in [5.74, 6) is -0.684. The molecule has 0 aliphatic heterocycles. The molecule has 0 fully saturated rings. The average Bonchev–Trinajstić information content (AvgIpc) is 1.82. The molecular formula is C8H8O4. The molecule has 64 valence electrons. The molecule has 0 radical (unpaired) electrons. The molecule has 0 saturated carbocycles. The number of carbonyl (C=O) groups is 1. The predicted molar refractivity (Wildman–Crippen MR) is 41.4 cm³/mol. The molecule has 1 rings (SSSR count). The molecule has 1 aromatic heterocycles. The molecule has 4 nitrogen and oxygen atoms in total. The van der Waals surface area contributed by atoms with Gasteiger partial charge >= 0.3 is 5.97 Å². The second-order valence-electron chi connectivity index (χ2n) is 2.46. The lowest BCUT2D eigenvalue weighted by Gasteiger charge is -1.98. The van der Waals surface area contributed by atoms with E-state index in [1.54, 1.807) is 6.92 Å². The van der Waals surface area contributed by atoms with Crippen molar-refractivity contribution in [1.29, 1.82) is 0 Å². The van der Waals surface area contributed by atoms with Crippen molar-refractivity contribution < 1.29 is 14.3 Å². The maximum absolute atomic E-state index is 11.1. The number of hydrogen-bond acceptors (Lipinski definition) is 3. The standard InChI is InChI=1S/C8H8O4/c1-4-3-6(9)7(8(10)11)5(2)12-4/h3H,1-2H3,(H,10,11). The van der Waals surface area contributed by atoms with E-state index in [1.165, 1.54) is 6.92 Å². The quantitative estimate of drug-likeness (QED) is 0.678. The van der Waals surface area contributed by atoms with Crippen LogP contribution in [0.1, 0.15) is 21.9 Å². The van der Waals surface area contributed by atoms with Crippen LogP contribution in [0, 0.1) is 13.8 Å². The Morgan fingerprint density at radius 1 is 1.50 bits per heavy atom. The van der Waals surface area contributed by atoms with E-state index in [-0.39, 0.29) is 11.3 Å². The highest BCUT2D eigenvalue weighted by atomic mass is 16.4. The van der Waals surface area contributed by atoms with Crippen molar-refractivity contribution in [3.8, 4) is 0 Å². The predicted octanol–water partition coefficient (Wildman–Crippen LogP) is 0.955. The summed E-state index contributed by atoms with van der Waals surface area (Å²) >= 11 is 0. The third kappa shape index (κ3) is 1.37. The van der Waals surface area contributed by atoms with Gasteiger partial charge in [0.1, 0.15) is 17.1 Å². The van der Waals surface area contributed by atoms with Gasteiger partial charge in [0.15, 0.2) is 5.43 Å². The summed E-state index contributed by atoms with van der Waals surface area (Å²) in [6, 6.07) is 1.16. The topological polar surface area (TPSA) is 67.5 Å². The second kappa shape index (κ2) is 2.81. The first-order valence-corrected chi connectivity index (χ1v) is 3.37. The Hall–Kier alpha value is -1.58. The Morgan fingerprint density at radius 2 is 2.08 bits per heavy atom. The van der Waals surface area contributed by atoms with Gasteiger partial charge in [-0.15, -0.1) is 0 Å². The lowest BCUT2D eigenvalue weighted by atomic mass is 10.2. The Kier molecular flexibility index (Phi) is 1.99. The summed E-state index contributed by atoms with van der Waals surface area (Å²) in [6.45, 7) is 3.05. The van der Waals surface area contributed by atoms with E-state index in [0.717, 1.165) is 6.07 Å².